The standard InChI is InChI=1S/C34H28N2/c1-3-25-23-27(32-15-9-10-16-34(32)36-28-12-5-4-6-13-28)18-19-29(25)24(2)30-20-17-26-11-7-8-14-31(26)33(30)21-22-35/h3-23,36H,1-2,35H2/b22-21-. The summed E-state index contributed by atoms with van der Waals surface area (Å²) in [5.74, 6) is 0. The highest BCUT2D eigenvalue weighted by atomic mass is 14.9. The van der Waals surface area contributed by atoms with E-state index in [4.69, 9.17) is 5.73 Å². The van der Waals surface area contributed by atoms with Crippen LogP contribution >= 0.6 is 0 Å². The monoisotopic (exact) mass is 464 g/mol. The van der Waals surface area contributed by atoms with Crippen molar-refractivity contribution >= 4 is 39.9 Å². The Morgan fingerprint density at radius 3 is 2.28 bits per heavy atom. The van der Waals surface area contributed by atoms with E-state index < -0.39 is 0 Å². The van der Waals surface area contributed by atoms with Crippen molar-refractivity contribution in [2.45, 2.75) is 0 Å². The molecule has 3 N–H and O–H groups in total. The zero-order chi connectivity index (χ0) is 24.9. The molecule has 0 aliphatic rings. The van der Waals surface area contributed by atoms with Gasteiger partial charge in [-0.05, 0) is 80.7 Å². The molecular weight excluding hydrogens is 436 g/mol. The van der Waals surface area contributed by atoms with Crippen LogP contribution in [0.3, 0.4) is 0 Å². The minimum Gasteiger partial charge on any atom is -0.405 e. The summed E-state index contributed by atoms with van der Waals surface area (Å²) in [6.07, 6.45) is 5.44. The second-order valence-corrected chi connectivity index (χ2v) is 8.63. The molecular formula is C34H28N2. The Balaban J connectivity index is 1.57. The fourth-order valence-corrected chi connectivity index (χ4v) is 4.67. The van der Waals surface area contributed by atoms with Crippen molar-refractivity contribution in [2.24, 2.45) is 5.73 Å². The van der Waals surface area contributed by atoms with E-state index in [2.05, 4.69) is 91.3 Å². The van der Waals surface area contributed by atoms with Gasteiger partial charge in [-0.2, -0.15) is 0 Å². The van der Waals surface area contributed by atoms with Gasteiger partial charge in [0.15, 0.2) is 0 Å². The van der Waals surface area contributed by atoms with E-state index in [0.29, 0.717) is 0 Å². The summed E-state index contributed by atoms with van der Waals surface area (Å²) in [7, 11) is 0. The number of para-hydroxylation sites is 2. The van der Waals surface area contributed by atoms with Gasteiger partial charge in [0, 0.05) is 16.9 Å². The highest BCUT2D eigenvalue weighted by Gasteiger charge is 2.14. The van der Waals surface area contributed by atoms with Crippen LogP contribution in [0.25, 0.3) is 39.6 Å². The molecule has 0 fully saturated rings. The van der Waals surface area contributed by atoms with Crippen LogP contribution in [0.15, 0.2) is 129 Å². The van der Waals surface area contributed by atoms with Crippen molar-refractivity contribution in [1.29, 1.82) is 0 Å². The SMILES string of the molecule is C=Cc1cc(-c2ccccc2Nc2ccccc2)ccc1C(=C)c1ccc2ccccc2c1/C=C\N. The zero-order valence-corrected chi connectivity index (χ0v) is 20.1. The molecule has 5 aromatic carbocycles. The average Bonchev–Trinajstić information content (AvgIpc) is 2.93. The molecule has 5 rings (SSSR count). The van der Waals surface area contributed by atoms with Crippen molar-refractivity contribution < 1.29 is 0 Å². The number of fused-ring (bicyclic) bond motifs is 1. The van der Waals surface area contributed by atoms with Crippen molar-refractivity contribution in [3.8, 4) is 11.1 Å². The molecule has 0 saturated carbocycles. The topological polar surface area (TPSA) is 38.0 Å². The summed E-state index contributed by atoms with van der Waals surface area (Å²) in [4.78, 5) is 0. The third kappa shape index (κ3) is 4.45. The third-order valence-corrected chi connectivity index (χ3v) is 6.45. The predicted octanol–water partition coefficient (Wildman–Crippen LogP) is 8.88. The Morgan fingerprint density at radius 1 is 0.750 bits per heavy atom. The van der Waals surface area contributed by atoms with Gasteiger partial charge in [-0.1, -0.05) is 104 Å². The van der Waals surface area contributed by atoms with Gasteiger partial charge in [-0.25, -0.2) is 0 Å². The summed E-state index contributed by atoms with van der Waals surface area (Å²) in [6.45, 7) is 8.61. The number of anilines is 2. The molecule has 0 bridgehead atoms. The van der Waals surface area contributed by atoms with Gasteiger partial charge in [0.1, 0.15) is 0 Å². The maximum atomic E-state index is 5.84. The minimum absolute atomic E-state index is 0.936. The molecule has 0 spiro atoms. The molecule has 36 heavy (non-hydrogen) atoms. The van der Waals surface area contributed by atoms with E-state index in [9.17, 15) is 0 Å². The van der Waals surface area contributed by atoms with Crippen LogP contribution in [0.1, 0.15) is 22.3 Å². The Morgan fingerprint density at radius 2 is 1.47 bits per heavy atom. The van der Waals surface area contributed by atoms with Crippen LogP contribution in [0, 0.1) is 0 Å². The molecule has 0 aliphatic heterocycles. The molecule has 0 aliphatic carbocycles. The average molecular weight is 465 g/mol. The van der Waals surface area contributed by atoms with Crippen LogP contribution in [-0.4, -0.2) is 0 Å². The summed E-state index contributed by atoms with van der Waals surface area (Å²) in [5, 5.41) is 5.87. The third-order valence-electron chi connectivity index (χ3n) is 6.45. The summed E-state index contributed by atoms with van der Waals surface area (Å²) in [6, 6.07) is 37.6. The summed E-state index contributed by atoms with van der Waals surface area (Å²) in [5.41, 5.74) is 15.3. The maximum Gasteiger partial charge on any atom is 0.0463 e. The Bertz CT molecular complexity index is 1590. The number of hydrogen-bond donors (Lipinski definition) is 2. The molecule has 2 nitrogen and oxygen atoms in total. The van der Waals surface area contributed by atoms with Crippen molar-refractivity contribution in [1.82, 2.24) is 0 Å². The molecule has 5 aromatic rings. The van der Waals surface area contributed by atoms with E-state index >= 15 is 0 Å². The first-order chi connectivity index (χ1) is 17.7. The van der Waals surface area contributed by atoms with Crippen LogP contribution in [0.4, 0.5) is 11.4 Å². The Labute approximate surface area is 212 Å². The lowest BCUT2D eigenvalue weighted by Crippen LogP contribution is -1.97. The van der Waals surface area contributed by atoms with Crippen LogP contribution < -0.4 is 11.1 Å². The molecule has 0 unspecified atom stereocenters. The molecule has 0 aromatic heterocycles. The van der Waals surface area contributed by atoms with Gasteiger partial charge in [-0.15, -0.1) is 0 Å². The fourth-order valence-electron chi connectivity index (χ4n) is 4.67. The van der Waals surface area contributed by atoms with Crippen molar-refractivity contribution in [3.05, 3.63) is 151 Å². The molecule has 2 heteroatoms. The molecule has 0 radical (unpaired) electrons. The van der Waals surface area contributed by atoms with Crippen molar-refractivity contribution in [3.63, 3.8) is 0 Å². The number of hydrogen-bond acceptors (Lipinski definition) is 2. The maximum absolute atomic E-state index is 5.84. The first-order valence-electron chi connectivity index (χ1n) is 12.0. The smallest absolute Gasteiger partial charge is 0.0463 e. The number of rotatable bonds is 7. The van der Waals surface area contributed by atoms with Gasteiger partial charge < -0.3 is 11.1 Å². The van der Waals surface area contributed by atoms with E-state index in [0.717, 1.165) is 55.7 Å². The lowest BCUT2D eigenvalue weighted by molar-refractivity contribution is 1.50. The van der Waals surface area contributed by atoms with Gasteiger partial charge in [0.2, 0.25) is 0 Å². The van der Waals surface area contributed by atoms with Gasteiger partial charge in [-0.3, -0.25) is 0 Å². The van der Waals surface area contributed by atoms with E-state index in [1.54, 1.807) is 6.20 Å². The lowest BCUT2D eigenvalue weighted by atomic mass is 9.88. The van der Waals surface area contributed by atoms with E-state index in [-0.39, 0.29) is 0 Å². The summed E-state index contributed by atoms with van der Waals surface area (Å²) < 4.78 is 0. The van der Waals surface area contributed by atoms with Crippen molar-refractivity contribution in [2.75, 3.05) is 5.32 Å². The molecule has 0 saturated heterocycles. The number of nitrogens with two attached hydrogens (primary N) is 1. The number of nitrogens with one attached hydrogen (secondary N) is 1. The molecule has 174 valence electrons. The van der Waals surface area contributed by atoms with E-state index in [1.165, 1.54) is 5.39 Å². The number of benzene rings is 5. The van der Waals surface area contributed by atoms with Gasteiger partial charge in [0.05, 0.1) is 0 Å². The first-order valence-corrected chi connectivity index (χ1v) is 12.0. The second-order valence-electron chi connectivity index (χ2n) is 8.63. The normalized spacial score (nSPS) is 11.0. The van der Waals surface area contributed by atoms with Gasteiger partial charge >= 0.3 is 0 Å². The highest BCUT2D eigenvalue weighted by Crippen LogP contribution is 2.36. The Hall–Kier alpha value is -4.82. The summed E-state index contributed by atoms with van der Waals surface area (Å²) >= 11 is 0. The van der Waals surface area contributed by atoms with Crippen LogP contribution in [0.2, 0.25) is 0 Å². The fraction of sp³-hybridized carbons (Fsp3) is 0. The van der Waals surface area contributed by atoms with Crippen LogP contribution in [0.5, 0.6) is 0 Å². The van der Waals surface area contributed by atoms with E-state index in [1.807, 2.05) is 48.6 Å². The molecule has 0 atom stereocenters. The lowest BCUT2D eigenvalue weighted by Gasteiger charge is -2.17. The molecule has 0 amide bonds. The quantitative estimate of drug-likeness (QED) is 0.252. The van der Waals surface area contributed by atoms with Crippen LogP contribution in [-0.2, 0) is 0 Å². The second kappa shape index (κ2) is 10.2. The molecule has 0 heterocycles. The minimum atomic E-state index is 0.936. The predicted molar refractivity (Wildman–Crippen MR) is 157 cm³/mol. The zero-order valence-electron chi connectivity index (χ0n) is 20.1. The Kier molecular flexibility index (Phi) is 6.51. The largest absolute Gasteiger partial charge is 0.405 e. The highest BCUT2D eigenvalue weighted by molar-refractivity contribution is 5.98. The van der Waals surface area contributed by atoms with Gasteiger partial charge in [0.25, 0.3) is 0 Å². The first kappa shape index (κ1) is 22.9.